The Morgan fingerprint density at radius 1 is 1.00 bits per heavy atom. The van der Waals surface area contributed by atoms with Crippen LogP contribution in [0.1, 0.15) is 0 Å². The number of nitrogens with one attached hydrogen (secondary N) is 1. The monoisotopic (exact) mass is 112 g/mol. The topological polar surface area (TPSA) is 23.8 Å². The van der Waals surface area contributed by atoms with Gasteiger partial charge in [-0.1, -0.05) is 0 Å². The van der Waals surface area contributed by atoms with E-state index in [1.54, 1.807) is 24.3 Å². The SMILES string of the molecule is [Li+].[Li+].[Li+].[NH-]c1cc[c-]cc1. The van der Waals surface area contributed by atoms with E-state index < -0.39 is 0 Å². The summed E-state index contributed by atoms with van der Waals surface area (Å²) in [6.45, 7) is 0. The molecule has 0 aliphatic rings. The van der Waals surface area contributed by atoms with Crippen LogP contribution in [0.25, 0.3) is 5.73 Å². The van der Waals surface area contributed by atoms with Crippen molar-refractivity contribution in [3.8, 4) is 0 Å². The molecule has 0 spiro atoms. The van der Waals surface area contributed by atoms with Gasteiger partial charge in [0.05, 0.1) is 0 Å². The smallest absolute Gasteiger partial charge is 0.720 e. The zero-order chi connectivity index (χ0) is 5.11. The van der Waals surface area contributed by atoms with Crippen LogP contribution in [-0.2, 0) is 0 Å². The molecule has 1 aromatic rings. The van der Waals surface area contributed by atoms with Crippen molar-refractivity contribution in [2.45, 2.75) is 0 Å². The Morgan fingerprint density at radius 3 is 1.60 bits per heavy atom. The minimum absolute atomic E-state index is 0. The largest absolute Gasteiger partial charge is 1.00 e. The van der Waals surface area contributed by atoms with Gasteiger partial charge in [0.1, 0.15) is 0 Å². The molecule has 0 radical (unpaired) electrons. The number of hydrogen-bond donors (Lipinski definition) is 0. The molecule has 0 aliphatic carbocycles. The molecule has 1 rings (SSSR count). The van der Waals surface area contributed by atoms with E-state index in [0.29, 0.717) is 5.69 Å². The second-order valence-electron chi connectivity index (χ2n) is 1.29. The van der Waals surface area contributed by atoms with E-state index >= 15 is 0 Å². The van der Waals surface area contributed by atoms with Crippen molar-refractivity contribution in [1.82, 2.24) is 0 Å². The third-order valence-electron chi connectivity index (χ3n) is 0.718. The molecule has 0 aromatic heterocycles. The molecule has 1 nitrogen and oxygen atoms in total. The van der Waals surface area contributed by atoms with Crippen molar-refractivity contribution in [2.75, 3.05) is 0 Å². The fourth-order valence-electron chi connectivity index (χ4n) is 0.387. The van der Waals surface area contributed by atoms with Gasteiger partial charge in [-0.3, -0.25) is 5.69 Å². The Hall–Kier alpha value is 0.812. The molecule has 0 unspecified atom stereocenters. The van der Waals surface area contributed by atoms with E-state index in [2.05, 4.69) is 6.07 Å². The van der Waals surface area contributed by atoms with E-state index in [9.17, 15) is 0 Å². The number of rotatable bonds is 0. The normalized spacial score (nSPS) is 6.00. The first-order chi connectivity index (χ1) is 3.39. The predicted molar refractivity (Wildman–Crippen MR) is 29.3 cm³/mol. The molecule has 0 amide bonds. The van der Waals surface area contributed by atoms with Crippen molar-refractivity contribution >= 4 is 5.69 Å². The molecule has 1 N–H and O–H groups in total. The van der Waals surface area contributed by atoms with E-state index in [4.69, 9.17) is 5.73 Å². The van der Waals surface area contributed by atoms with Crippen molar-refractivity contribution in [1.29, 1.82) is 0 Å². The molecule has 4 heteroatoms. The first-order valence-electron chi connectivity index (χ1n) is 2.07. The quantitative estimate of drug-likeness (QED) is 0.235. The average Bonchev–Trinajstić information content (AvgIpc) is 1.69. The van der Waals surface area contributed by atoms with Gasteiger partial charge in [-0.25, -0.2) is 0 Å². The third kappa shape index (κ3) is 6.93. The Balaban J connectivity index is -0.000000163. The van der Waals surface area contributed by atoms with E-state index in [1.165, 1.54) is 0 Å². The van der Waals surface area contributed by atoms with Crippen molar-refractivity contribution in [3.63, 3.8) is 0 Å². The molecule has 36 valence electrons. The molecule has 0 heterocycles. The minimum Gasteiger partial charge on any atom is -0.720 e. The van der Waals surface area contributed by atoms with Gasteiger partial charge in [-0.05, 0) is 0 Å². The summed E-state index contributed by atoms with van der Waals surface area (Å²) in [6.07, 6.45) is 0. The van der Waals surface area contributed by atoms with Crippen molar-refractivity contribution in [2.24, 2.45) is 0 Å². The van der Waals surface area contributed by atoms with Gasteiger partial charge in [0.25, 0.3) is 0 Å². The summed E-state index contributed by atoms with van der Waals surface area (Å²) in [4.78, 5) is 0. The molecule has 0 fully saturated rings. The second-order valence-corrected chi connectivity index (χ2v) is 1.29. The summed E-state index contributed by atoms with van der Waals surface area (Å²) in [5.74, 6) is 0. The summed E-state index contributed by atoms with van der Waals surface area (Å²) in [5.41, 5.74) is 7.52. The molecule has 0 saturated carbocycles. The average molecular weight is 112 g/mol. The van der Waals surface area contributed by atoms with Crippen LogP contribution in [0.5, 0.6) is 0 Å². The maximum atomic E-state index is 6.98. The Kier molecular flexibility index (Phi) is 16.7. The standard InChI is InChI=1S/C6H5N.3Li/c7-6-4-2-1-3-5-6;;;/h2-5,7H;;;/q-2;3*+1. The van der Waals surface area contributed by atoms with Gasteiger partial charge in [0, 0.05) is 0 Å². The zero-order valence-electron chi connectivity index (χ0n) is 6.81. The first-order valence-corrected chi connectivity index (χ1v) is 2.07. The molecule has 0 saturated heterocycles. The molecular formula is C6H5Li3N+. The first kappa shape index (κ1) is 17.1. The fourth-order valence-corrected chi connectivity index (χ4v) is 0.387. The van der Waals surface area contributed by atoms with Gasteiger partial charge in [0.15, 0.2) is 0 Å². The Bertz CT molecular complexity index is 143. The molecule has 0 atom stereocenters. The van der Waals surface area contributed by atoms with Gasteiger partial charge in [-0.2, -0.15) is 30.3 Å². The van der Waals surface area contributed by atoms with Crippen LogP contribution in [0.3, 0.4) is 0 Å². The maximum absolute atomic E-state index is 6.98. The molecule has 0 aliphatic heterocycles. The Labute approximate surface area is 97.7 Å². The van der Waals surface area contributed by atoms with Crippen molar-refractivity contribution in [3.05, 3.63) is 36.1 Å². The van der Waals surface area contributed by atoms with Gasteiger partial charge < -0.3 is 5.73 Å². The zero-order valence-corrected chi connectivity index (χ0v) is 6.81. The summed E-state index contributed by atoms with van der Waals surface area (Å²) in [5, 5.41) is 0. The Morgan fingerprint density at radius 2 is 1.40 bits per heavy atom. The molecule has 0 bridgehead atoms. The van der Waals surface area contributed by atoms with Crippen LogP contribution in [0.2, 0.25) is 0 Å². The van der Waals surface area contributed by atoms with E-state index in [0.717, 1.165) is 0 Å². The molecule has 1 aromatic carbocycles. The maximum Gasteiger partial charge on any atom is 1.00 e. The van der Waals surface area contributed by atoms with Crippen LogP contribution < -0.4 is 56.6 Å². The number of benzene rings is 1. The van der Waals surface area contributed by atoms with Crippen LogP contribution in [0.15, 0.2) is 24.3 Å². The van der Waals surface area contributed by atoms with Gasteiger partial charge in [-0.15, -0.1) is 0 Å². The second kappa shape index (κ2) is 9.81. The van der Waals surface area contributed by atoms with E-state index in [1.807, 2.05) is 0 Å². The van der Waals surface area contributed by atoms with E-state index in [-0.39, 0.29) is 56.6 Å². The minimum atomic E-state index is 0. The predicted octanol–water partition coefficient (Wildman–Crippen LogP) is -6.82. The van der Waals surface area contributed by atoms with Crippen molar-refractivity contribution < 1.29 is 56.6 Å². The van der Waals surface area contributed by atoms with Gasteiger partial charge >= 0.3 is 56.6 Å². The van der Waals surface area contributed by atoms with Gasteiger partial charge in [0.2, 0.25) is 0 Å². The molecular weight excluding hydrogens is 107 g/mol. The summed E-state index contributed by atoms with van der Waals surface area (Å²) in [6, 6.07) is 9.65. The third-order valence-corrected chi connectivity index (χ3v) is 0.718. The van der Waals surface area contributed by atoms with Crippen LogP contribution in [0.4, 0.5) is 5.69 Å². The summed E-state index contributed by atoms with van der Waals surface area (Å²) < 4.78 is 0. The summed E-state index contributed by atoms with van der Waals surface area (Å²) in [7, 11) is 0. The number of hydrogen-bond acceptors (Lipinski definition) is 0. The van der Waals surface area contributed by atoms with Crippen LogP contribution >= 0.6 is 0 Å². The van der Waals surface area contributed by atoms with Crippen LogP contribution in [-0.4, -0.2) is 0 Å². The molecule has 10 heavy (non-hydrogen) atoms. The summed E-state index contributed by atoms with van der Waals surface area (Å²) >= 11 is 0. The van der Waals surface area contributed by atoms with Crippen LogP contribution in [0, 0.1) is 6.07 Å². The fraction of sp³-hybridized carbons (Fsp3) is 0.